The maximum Gasteiger partial charge on any atom is 0.246 e. The zero-order valence-corrected chi connectivity index (χ0v) is 16.2. The number of carbonyl (C=O) groups excluding carboxylic acids is 1. The fourth-order valence-corrected chi connectivity index (χ4v) is 3.10. The number of rotatable bonds is 6. The molecule has 2 aromatic rings. The van der Waals surface area contributed by atoms with E-state index in [1.807, 2.05) is 29.6 Å². The first-order valence-corrected chi connectivity index (χ1v) is 9.31. The van der Waals surface area contributed by atoms with E-state index in [0.29, 0.717) is 26.2 Å². The molecule has 1 saturated heterocycles. The van der Waals surface area contributed by atoms with E-state index in [4.69, 9.17) is 4.99 Å². The highest BCUT2D eigenvalue weighted by atomic mass is 16.2. The summed E-state index contributed by atoms with van der Waals surface area (Å²) < 4.78 is 3.72. The van der Waals surface area contributed by atoms with Crippen LogP contribution in [0.15, 0.2) is 23.7 Å². The summed E-state index contributed by atoms with van der Waals surface area (Å²) in [6, 6.07) is 0. The lowest BCUT2D eigenvalue weighted by Gasteiger charge is -2.35. The van der Waals surface area contributed by atoms with Crippen LogP contribution in [0.5, 0.6) is 0 Å². The number of aryl methyl sites for hydroxylation is 2. The van der Waals surface area contributed by atoms with Crippen LogP contribution in [-0.2, 0) is 24.8 Å². The number of carbonyl (C=O) groups is 1. The monoisotopic (exact) mass is 373 g/mol. The van der Waals surface area contributed by atoms with Crippen molar-refractivity contribution in [1.82, 2.24) is 34.8 Å². The van der Waals surface area contributed by atoms with Crippen molar-refractivity contribution >= 4 is 17.6 Å². The van der Waals surface area contributed by atoms with Gasteiger partial charge in [-0.1, -0.05) is 6.92 Å². The highest BCUT2D eigenvalue weighted by molar-refractivity contribution is 5.98. The first kappa shape index (κ1) is 18.9. The van der Waals surface area contributed by atoms with Crippen LogP contribution >= 0.6 is 0 Å². The molecule has 2 aromatic heterocycles. The lowest BCUT2D eigenvalue weighted by atomic mass is 10.3. The second-order valence-electron chi connectivity index (χ2n) is 6.37. The van der Waals surface area contributed by atoms with Gasteiger partial charge in [0.25, 0.3) is 0 Å². The van der Waals surface area contributed by atoms with Gasteiger partial charge in [0.15, 0.2) is 5.96 Å². The minimum atomic E-state index is 0.0481. The summed E-state index contributed by atoms with van der Waals surface area (Å²) in [6.07, 6.45) is 6.15. The van der Waals surface area contributed by atoms with Gasteiger partial charge in [-0.15, -0.1) is 10.2 Å². The lowest BCUT2D eigenvalue weighted by Crippen LogP contribution is -2.55. The van der Waals surface area contributed by atoms with E-state index in [0.717, 1.165) is 37.0 Å². The van der Waals surface area contributed by atoms with E-state index in [9.17, 15) is 4.79 Å². The molecule has 0 aliphatic carbocycles. The molecule has 0 saturated carbocycles. The highest BCUT2D eigenvalue weighted by Gasteiger charge is 2.27. The summed E-state index contributed by atoms with van der Waals surface area (Å²) in [4.78, 5) is 21.1. The van der Waals surface area contributed by atoms with Gasteiger partial charge in [-0.25, -0.2) is 0 Å². The van der Waals surface area contributed by atoms with Crippen LogP contribution in [0.4, 0.5) is 5.69 Å². The molecule has 146 valence electrons. The van der Waals surface area contributed by atoms with Crippen molar-refractivity contribution in [2.45, 2.75) is 26.8 Å². The summed E-state index contributed by atoms with van der Waals surface area (Å²) in [5.74, 6) is 1.77. The van der Waals surface area contributed by atoms with Gasteiger partial charge in [-0.3, -0.25) is 14.5 Å². The van der Waals surface area contributed by atoms with Crippen molar-refractivity contribution in [3.05, 3.63) is 24.5 Å². The van der Waals surface area contributed by atoms with Crippen LogP contribution in [0.1, 0.15) is 19.7 Å². The van der Waals surface area contributed by atoms with Crippen LogP contribution in [-0.4, -0.2) is 74.0 Å². The number of anilines is 1. The van der Waals surface area contributed by atoms with E-state index in [2.05, 4.69) is 27.5 Å². The first-order chi connectivity index (χ1) is 13.1. The van der Waals surface area contributed by atoms with Crippen molar-refractivity contribution in [2.75, 3.05) is 37.6 Å². The molecule has 10 heteroatoms. The van der Waals surface area contributed by atoms with E-state index in [-0.39, 0.29) is 5.91 Å². The van der Waals surface area contributed by atoms with Gasteiger partial charge >= 0.3 is 0 Å². The van der Waals surface area contributed by atoms with Crippen LogP contribution in [0, 0.1) is 0 Å². The summed E-state index contributed by atoms with van der Waals surface area (Å²) in [5.41, 5.74) is 0.837. The molecule has 1 fully saturated rings. The van der Waals surface area contributed by atoms with Crippen LogP contribution in [0.2, 0.25) is 0 Å². The Morgan fingerprint density at radius 2 is 2.19 bits per heavy atom. The number of hydrogen-bond acceptors (Lipinski definition) is 5. The minimum Gasteiger partial charge on any atom is -0.357 e. The fraction of sp³-hybridized carbons (Fsp3) is 0.588. The van der Waals surface area contributed by atoms with Crippen molar-refractivity contribution in [1.29, 1.82) is 0 Å². The third kappa shape index (κ3) is 4.44. The van der Waals surface area contributed by atoms with E-state index < -0.39 is 0 Å². The number of piperazine rings is 1. The Morgan fingerprint density at radius 1 is 1.33 bits per heavy atom. The maximum absolute atomic E-state index is 12.6. The van der Waals surface area contributed by atoms with Gasteiger partial charge < -0.3 is 19.7 Å². The molecule has 1 N–H and O–H groups in total. The van der Waals surface area contributed by atoms with Gasteiger partial charge in [0, 0.05) is 45.8 Å². The molecule has 3 heterocycles. The molecule has 10 nitrogen and oxygen atoms in total. The number of hydrogen-bond donors (Lipinski definition) is 1. The molecule has 3 rings (SSSR count). The third-order valence-electron chi connectivity index (χ3n) is 4.47. The summed E-state index contributed by atoms with van der Waals surface area (Å²) >= 11 is 0. The molecular weight excluding hydrogens is 346 g/mol. The number of amides is 1. The maximum atomic E-state index is 12.6. The highest BCUT2D eigenvalue weighted by Crippen LogP contribution is 2.16. The Balaban J connectivity index is 1.62. The predicted molar refractivity (Wildman–Crippen MR) is 103 cm³/mol. The molecule has 0 spiro atoms. The van der Waals surface area contributed by atoms with Crippen LogP contribution in [0.3, 0.4) is 0 Å². The third-order valence-corrected chi connectivity index (χ3v) is 4.47. The fourth-order valence-electron chi connectivity index (χ4n) is 3.10. The largest absolute Gasteiger partial charge is 0.357 e. The van der Waals surface area contributed by atoms with Gasteiger partial charge in [0.1, 0.15) is 18.7 Å². The topological polar surface area (TPSA) is 96.5 Å². The van der Waals surface area contributed by atoms with Gasteiger partial charge in [0.2, 0.25) is 5.91 Å². The predicted octanol–water partition coefficient (Wildman–Crippen LogP) is -0.112. The quantitative estimate of drug-likeness (QED) is 0.561. The lowest BCUT2D eigenvalue weighted by molar-refractivity contribution is -0.120. The SMILES string of the molecule is CCNC(=NCCn1cnnc1CC)N1CCN(c2cnn(C)c2)C(=O)C1. The number of aliphatic imine (C=N–C) groups is 1. The number of nitrogens with zero attached hydrogens (tertiary/aromatic N) is 8. The van der Waals surface area contributed by atoms with Crippen molar-refractivity contribution in [3.8, 4) is 0 Å². The average Bonchev–Trinajstić information content (AvgIpc) is 3.29. The van der Waals surface area contributed by atoms with Gasteiger partial charge in [-0.05, 0) is 6.92 Å². The summed E-state index contributed by atoms with van der Waals surface area (Å²) in [6.45, 7) is 7.79. The van der Waals surface area contributed by atoms with E-state index in [1.54, 1.807) is 22.1 Å². The number of nitrogens with one attached hydrogen (secondary N) is 1. The zero-order chi connectivity index (χ0) is 19.2. The average molecular weight is 373 g/mol. The first-order valence-electron chi connectivity index (χ1n) is 9.31. The zero-order valence-electron chi connectivity index (χ0n) is 16.2. The summed E-state index contributed by atoms with van der Waals surface area (Å²) in [5, 5.41) is 15.5. The Kier molecular flexibility index (Phi) is 6.05. The molecule has 0 bridgehead atoms. The Hall–Kier alpha value is -2.91. The molecule has 1 aliphatic rings. The van der Waals surface area contributed by atoms with E-state index in [1.165, 1.54) is 0 Å². The normalized spacial score (nSPS) is 15.5. The second kappa shape index (κ2) is 8.65. The van der Waals surface area contributed by atoms with Crippen LogP contribution < -0.4 is 10.2 Å². The van der Waals surface area contributed by atoms with Crippen molar-refractivity contribution in [3.63, 3.8) is 0 Å². The molecule has 1 amide bonds. The molecule has 0 unspecified atom stereocenters. The molecule has 0 radical (unpaired) electrons. The molecule has 1 aliphatic heterocycles. The number of aromatic nitrogens is 5. The van der Waals surface area contributed by atoms with Crippen molar-refractivity contribution < 1.29 is 4.79 Å². The Labute approximate surface area is 158 Å². The van der Waals surface area contributed by atoms with Gasteiger partial charge in [-0.2, -0.15) is 5.10 Å². The second-order valence-corrected chi connectivity index (χ2v) is 6.37. The summed E-state index contributed by atoms with van der Waals surface area (Å²) in [7, 11) is 1.85. The van der Waals surface area contributed by atoms with Crippen molar-refractivity contribution in [2.24, 2.45) is 12.0 Å². The Morgan fingerprint density at radius 3 is 2.85 bits per heavy atom. The molecule has 27 heavy (non-hydrogen) atoms. The smallest absolute Gasteiger partial charge is 0.246 e. The molecule has 0 aromatic carbocycles. The minimum absolute atomic E-state index is 0.0481. The number of guanidine groups is 1. The standard InChI is InChI=1S/C17H27N9O/c1-4-15-22-20-13-25(15)7-6-19-17(18-5-2)24-8-9-26(16(27)12-24)14-10-21-23(3)11-14/h10-11,13H,4-9,12H2,1-3H3,(H,18,19). The Bertz CT molecular complexity index is 794. The van der Waals surface area contributed by atoms with E-state index >= 15 is 0 Å². The molecular formula is C17H27N9O. The van der Waals surface area contributed by atoms with Crippen LogP contribution in [0.25, 0.3) is 0 Å². The van der Waals surface area contributed by atoms with Gasteiger partial charge in [0.05, 0.1) is 18.4 Å². The molecule has 0 atom stereocenters.